The van der Waals surface area contributed by atoms with E-state index >= 15 is 0 Å². The molecule has 3 N–H and O–H groups in total. The summed E-state index contributed by atoms with van der Waals surface area (Å²) in [6.07, 6.45) is 8.36. The summed E-state index contributed by atoms with van der Waals surface area (Å²) in [5, 5.41) is 9.05. The molecule has 45 heavy (non-hydrogen) atoms. The lowest BCUT2D eigenvalue weighted by Crippen LogP contribution is -2.49. The maximum absolute atomic E-state index is 14.0. The van der Waals surface area contributed by atoms with E-state index in [4.69, 9.17) is 14.6 Å². The molecule has 1 heterocycles. The number of nitrogens with zero attached hydrogens (tertiary/aromatic N) is 1. The molecular formula is C35H44FNO6S2. The van der Waals surface area contributed by atoms with Crippen LogP contribution in [-0.4, -0.2) is 43.4 Å². The molecule has 0 spiro atoms. The van der Waals surface area contributed by atoms with Gasteiger partial charge in [0.1, 0.15) is 17.8 Å². The third-order valence-electron chi connectivity index (χ3n) is 8.56. The molecule has 3 aromatic carbocycles. The van der Waals surface area contributed by atoms with Crippen LogP contribution in [0.1, 0.15) is 81.4 Å². The predicted molar refractivity (Wildman–Crippen MR) is 180 cm³/mol. The van der Waals surface area contributed by atoms with E-state index in [0.29, 0.717) is 28.2 Å². The van der Waals surface area contributed by atoms with E-state index in [2.05, 4.69) is 26.0 Å². The number of benzene rings is 3. The number of thioether (sulfide) groups is 1. The van der Waals surface area contributed by atoms with Gasteiger partial charge in [0, 0.05) is 24.1 Å². The topological polar surface area (TPSA) is 99.5 Å². The predicted octanol–water partition coefficient (Wildman–Crippen LogP) is 9.87. The van der Waals surface area contributed by atoms with E-state index in [0.717, 1.165) is 55.2 Å². The van der Waals surface area contributed by atoms with Crippen molar-refractivity contribution in [3.05, 3.63) is 95.5 Å². The maximum Gasteiger partial charge on any atom is 0.368 e. The first-order valence-corrected chi connectivity index (χ1v) is 18.0. The molecule has 0 saturated heterocycles. The highest BCUT2D eigenvalue weighted by atomic mass is 32.3. The van der Waals surface area contributed by atoms with Crippen LogP contribution >= 0.6 is 22.5 Å². The Morgan fingerprint density at radius 3 is 2.27 bits per heavy atom. The number of hydrogen-bond acceptors (Lipinski definition) is 7. The molecule has 0 saturated carbocycles. The minimum absolute atomic E-state index is 0.156. The van der Waals surface area contributed by atoms with Gasteiger partial charge in [-0.05, 0) is 60.4 Å². The molecule has 0 fully saturated rings. The molecule has 4 rings (SSSR count). The number of rotatable bonds is 14. The van der Waals surface area contributed by atoms with Crippen LogP contribution in [0, 0.1) is 0 Å². The largest absolute Gasteiger partial charge is 0.497 e. The van der Waals surface area contributed by atoms with Crippen LogP contribution in [-0.2, 0) is 11.3 Å². The minimum Gasteiger partial charge on any atom is -0.497 e. The third kappa shape index (κ3) is 7.86. The smallest absolute Gasteiger partial charge is 0.368 e. The molecule has 10 heteroatoms. The van der Waals surface area contributed by atoms with Gasteiger partial charge >= 0.3 is 5.97 Å². The van der Waals surface area contributed by atoms with E-state index in [1.54, 1.807) is 13.2 Å². The number of carboxylic acid groups (broad SMARTS) is 1. The van der Waals surface area contributed by atoms with E-state index in [1.165, 1.54) is 11.8 Å². The molecule has 0 bridgehead atoms. The van der Waals surface area contributed by atoms with Crippen LogP contribution in [0.25, 0.3) is 0 Å². The Hall–Kier alpha value is -3.02. The molecular weight excluding hydrogens is 614 g/mol. The zero-order chi connectivity index (χ0) is 32.6. The summed E-state index contributed by atoms with van der Waals surface area (Å²) < 4.78 is 52.0. The quantitative estimate of drug-likeness (QED) is 0.0895. The number of carbonyl (C=O) groups is 1. The van der Waals surface area contributed by atoms with Gasteiger partial charge in [-0.25, -0.2) is 4.79 Å². The van der Waals surface area contributed by atoms with Gasteiger partial charge in [-0.15, -0.1) is 22.5 Å². The molecule has 0 radical (unpaired) electrons. The zero-order valence-electron chi connectivity index (χ0n) is 26.4. The molecule has 3 aromatic rings. The van der Waals surface area contributed by atoms with Gasteiger partial charge < -0.3 is 14.6 Å². The molecule has 1 aliphatic rings. The van der Waals surface area contributed by atoms with Crippen molar-refractivity contribution in [2.75, 3.05) is 13.4 Å². The Morgan fingerprint density at radius 1 is 1.07 bits per heavy atom. The van der Waals surface area contributed by atoms with Gasteiger partial charge in [0.05, 0.1) is 16.9 Å². The SMILES string of the molecule is CCCCC1(CCCC)CC(c2ccccc2)c2cc(SC)c(O/C=C(\F)C(=O)O)cc2S(O)(O)N1Cc1ccc(OC)cc1. The Kier molecular flexibility index (Phi) is 12.0. The first-order valence-electron chi connectivity index (χ1n) is 15.3. The average molecular weight is 658 g/mol. The molecule has 0 aliphatic carbocycles. The van der Waals surface area contributed by atoms with E-state index in [1.807, 2.05) is 59.1 Å². The fraction of sp³-hybridized carbons (Fsp3) is 0.400. The van der Waals surface area contributed by atoms with Crippen LogP contribution in [0.2, 0.25) is 0 Å². The van der Waals surface area contributed by atoms with Crippen molar-refractivity contribution in [2.24, 2.45) is 0 Å². The van der Waals surface area contributed by atoms with Gasteiger partial charge in [0.2, 0.25) is 5.83 Å². The number of unbranched alkanes of at least 4 members (excludes halogenated alkanes) is 2. The molecule has 0 amide bonds. The molecule has 1 aliphatic heterocycles. The van der Waals surface area contributed by atoms with Crippen molar-refractivity contribution in [3.63, 3.8) is 0 Å². The summed E-state index contributed by atoms with van der Waals surface area (Å²) in [7, 11) is -2.05. The molecule has 1 unspecified atom stereocenters. The number of methoxy groups -OCH3 is 1. The summed E-state index contributed by atoms with van der Waals surface area (Å²) in [6.45, 7) is 4.59. The summed E-state index contributed by atoms with van der Waals surface area (Å²) in [4.78, 5) is 12.1. The lowest BCUT2D eigenvalue weighted by Gasteiger charge is -2.53. The highest BCUT2D eigenvalue weighted by molar-refractivity contribution is 8.22. The highest BCUT2D eigenvalue weighted by Gasteiger charge is 2.49. The van der Waals surface area contributed by atoms with Crippen molar-refractivity contribution in [3.8, 4) is 11.5 Å². The Bertz CT molecular complexity index is 1460. The van der Waals surface area contributed by atoms with E-state index < -0.39 is 28.1 Å². The van der Waals surface area contributed by atoms with Crippen LogP contribution in [0.4, 0.5) is 4.39 Å². The Labute approximate surface area is 271 Å². The molecule has 1 atom stereocenters. The number of aliphatic carboxylic acids is 1. The Balaban J connectivity index is 2.01. The van der Waals surface area contributed by atoms with Crippen LogP contribution in [0.15, 0.2) is 88.6 Å². The number of ether oxygens (including phenoxy) is 2. The monoisotopic (exact) mass is 657 g/mol. The van der Waals surface area contributed by atoms with Crippen molar-refractivity contribution < 1.29 is 32.9 Å². The second-order valence-electron chi connectivity index (χ2n) is 11.4. The summed E-state index contributed by atoms with van der Waals surface area (Å²) in [5.41, 5.74) is 2.18. The van der Waals surface area contributed by atoms with Gasteiger partial charge in [-0.3, -0.25) is 9.11 Å². The number of hydrogen-bond donors (Lipinski definition) is 3. The van der Waals surface area contributed by atoms with Gasteiger partial charge in [-0.2, -0.15) is 8.70 Å². The van der Waals surface area contributed by atoms with E-state index in [9.17, 15) is 18.3 Å². The summed E-state index contributed by atoms with van der Waals surface area (Å²) in [5.74, 6) is -2.50. The highest BCUT2D eigenvalue weighted by Crippen LogP contribution is 2.65. The number of halogens is 1. The lowest BCUT2D eigenvalue weighted by molar-refractivity contribution is -0.134. The molecule has 0 aromatic heterocycles. The molecule has 244 valence electrons. The van der Waals surface area contributed by atoms with Crippen molar-refractivity contribution in [2.45, 2.75) is 86.6 Å². The fourth-order valence-corrected chi connectivity index (χ4v) is 8.89. The second-order valence-corrected chi connectivity index (χ2v) is 14.2. The van der Waals surface area contributed by atoms with Crippen molar-refractivity contribution in [1.82, 2.24) is 4.31 Å². The molecule has 7 nitrogen and oxygen atoms in total. The second kappa shape index (κ2) is 15.5. The fourth-order valence-electron chi connectivity index (χ4n) is 6.19. The maximum atomic E-state index is 14.0. The van der Waals surface area contributed by atoms with Crippen LogP contribution in [0.5, 0.6) is 11.5 Å². The first kappa shape index (κ1) is 34.8. The van der Waals surface area contributed by atoms with Gasteiger partial charge in [0.25, 0.3) is 0 Å². The minimum atomic E-state index is -3.66. The van der Waals surface area contributed by atoms with Gasteiger partial charge in [0.15, 0.2) is 0 Å². The lowest BCUT2D eigenvalue weighted by atomic mass is 9.75. The Morgan fingerprint density at radius 2 is 1.71 bits per heavy atom. The normalized spacial score (nSPS) is 18.5. The number of fused-ring (bicyclic) bond motifs is 1. The first-order chi connectivity index (χ1) is 21.6. The van der Waals surface area contributed by atoms with Crippen molar-refractivity contribution in [1.29, 1.82) is 0 Å². The number of carboxylic acids is 1. The van der Waals surface area contributed by atoms with Crippen LogP contribution in [0.3, 0.4) is 0 Å². The van der Waals surface area contributed by atoms with Gasteiger partial charge in [-0.1, -0.05) is 82.0 Å². The summed E-state index contributed by atoms with van der Waals surface area (Å²) >= 11 is 1.36. The third-order valence-corrected chi connectivity index (χ3v) is 11.4. The standard InChI is InChI=1S/C35H44FNO6S2/c1-5-7-18-35(19-8-6-2)22-29(26-12-10-9-11-13-26)28-20-32(44-4)31(43-24-30(36)34(38)39)21-33(28)45(40,41)37(35)23-25-14-16-27(42-3)17-15-25/h9-17,20-21,24,29,40-41H,5-8,18-19,22-23H2,1-4H3,(H,38,39)/b30-24-. The zero-order valence-corrected chi connectivity index (χ0v) is 28.0. The van der Waals surface area contributed by atoms with Crippen molar-refractivity contribution >= 4 is 28.5 Å². The summed E-state index contributed by atoms with van der Waals surface area (Å²) in [6, 6.07) is 21.2. The van der Waals surface area contributed by atoms with E-state index in [-0.39, 0.29) is 18.2 Å². The average Bonchev–Trinajstić information content (AvgIpc) is 3.13. The van der Waals surface area contributed by atoms with Crippen LogP contribution < -0.4 is 9.47 Å².